The summed E-state index contributed by atoms with van der Waals surface area (Å²) in [6.45, 7) is 0. The number of alkyl halides is 3. The molecule has 2 aromatic rings. The van der Waals surface area contributed by atoms with Crippen LogP contribution in [0.3, 0.4) is 0 Å². The Balaban J connectivity index is 2.34. The molecule has 0 saturated heterocycles. The minimum absolute atomic E-state index is 0.172. The largest absolute Gasteiger partial charge is 0.417 e. The van der Waals surface area contributed by atoms with E-state index in [1.54, 1.807) is 0 Å². The molecule has 0 saturated carbocycles. The van der Waals surface area contributed by atoms with Gasteiger partial charge in [-0.2, -0.15) is 13.2 Å². The summed E-state index contributed by atoms with van der Waals surface area (Å²) in [5, 5.41) is 0.223. The third-order valence-electron chi connectivity index (χ3n) is 2.73. The molecular formula is C13H9ClF4N2. The van der Waals surface area contributed by atoms with E-state index in [1.807, 2.05) is 0 Å². The lowest BCUT2D eigenvalue weighted by Gasteiger charge is -2.14. The fourth-order valence-corrected chi connectivity index (χ4v) is 1.90. The van der Waals surface area contributed by atoms with Crippen molar-refractivity contribution in [3.05, 3.63) is 64.2 Å². The van der Waals surface area contributed by atoms with Crippen LogP contribution in [0.2, 0.25) is 5.02 Å². The topological polar surface area (TPSA) is 38.9 Å². The zero-order valence-electron chi connectivity index (χ0n) is 9.96. The zero-order valence-corrected chi connectivity index (χ0v) is 10.7. The van der Waals surface area contributed by atoms with Crippen LogP contribution >= 0.6 is 11.6 Å². The molecule has 1 aromatic carbocycles. The molecule has 2 N–H and O–H groups in total. The summed E-state index contributed by atoms with van der Waals surface area (Å²) < 4.78 is 50.4. The molecule has 1 atom stereocenters. The Labute approximate surface area is 117 Å². The number of nitrogens with two attached hydrogens (primary N) is 1. The van der Waals surface area contributed by atoms with Crippen LogP contribution in [0.5, 0.6) is 0 Å². The molecule has 0 amide bonds. The van der Waals surface area contributed by atoms with Crippen LogP contribution in [0, 0.1) is 5.82 Å². The van der Waals surface area contributed by atoms with Crippen molar-refractivity contribution in [2.24, 2.45) is 5.73 Å². The van der Waals surface area contributed by atoms with Gasteiger partial charge in [-0.05, 0) is 35.9 Å². The average molecular weight is 305 g/mol. The van der Waals surface area contributed by atoms with E-state index in [0.717, 1.165) is 18.2 Å². The lowest BCUT2D eigenvalue weighted by molar-refractivity contribution is -0.137. The van der Waals surface area contributed by atoms with Crippen molar-refractivity contribution in [3.63, 3.8) is 0 Å². The predicted octanol–water partition coefficient (Wildman–Crippen LogP) is 3.94. The van der Waals surface area contributed by atoms with Crippen LogP contribution in [0.1, 0.15) is 22.9 Å². The van der Waals surface area contributed by atoms with E-state index in [2.05, 4.69) is 4.98 Å². The second kappa shape index (κ2) is 5.38. The van der Waals surface area contributed by atoms with Gasteiger partial charge in [-0.3, -0.25) is 4.98 Å². The van der Waals surface area contributed by atoms with E-state index in [0.29, 0.717) is 6.20 Å². The summed E-state index contributed by atoms with van der Waals surface area (Å²) >= 11 is 5.89. The number of aromatic nitrogens is 1. The molecule has 106 valence electrons. The second-order valence-electron chi connectivity index (χ2n) is 4.11. The van der Waals surface area contributed by atoms with Crippen molar-refractivity contribution in [2.45, 2.75) is 12.2 Å². The fraction of sp³-hybridized carbons (Fsp3) is 0.154. The van der Waals surface area contributed by atoms with Crippen LogP contribution < -0.4 is 5.73 Å². The maximum absolute atomic E-state index is 13.2. The SMILES string of the molecule is NC(c1ccc(C(F)(F)F)cn1)c1cc(F)ccc1Cl. The molecular weight excluding hydrogens is 296 g/mol. The van der Waals surface area contributed by atoms with E-state index in [-0.39, 0.29) is 16.3 Å². The van der Waals surface area contributed by atoms with Gasteiger partial charge in [0.2, 0.25) is 0 Å². The molecule has 0 radical (unpaired) electrons. The maximum Gasteiger partial charge on any atom is 0.417 e. The number of pyridine rings is 1. The quantitative estimate of drug-likeness (QED) is 0.854. The summed E-state index contributed by atoms with van der Waals surface area (Å²) in [6.07, 6.45) is -3.78. The van der Waals surface area contributed by atoms with Gasteiger partial charge in [0.15, 0.2) is 0 Å². The van der Waals surface area contributed by atoms with Crippen molar-refractivity contribution in [2.75, 3.05) is 0 Å². The molecule has 2 nitrogen and oxygen atoms in total. The molecule has 0 aliphatic carbocycles. The first kappa shape index (κ1) is 14.7. The lowest BCUT2D eigenvalue weighted by atomic mass is 10.0. The highest BCUT2D eigenvalue weighted by atomic mass is 35.5. The van der Waals surface area contributed by atoms with Gasteiger partial charge in [0.25, 0.3) is 0 Å². The minimum atomic E-state index is -4.47. The molecule has 0 spiro atoms. The Kier molecular flexibility index (Phi) is 3.96. The van der Waals surface area contributed by atoms with Crippen LogP contribution in [0.15, 0.2) is 36.5 Å². The monoisotopic (exact) mass is 304 g/mol. The van der Waals surface area contributed by atoms with E-state index in [9.17, 15) is 17.6 Å². The lowest BCUT2D eigenvalue weighted by Crippen LogP contribution is -2.15. The van der Waals surface area contributed by atoms with Crippen LogP contribution in [0.4, 0.5) is 17.6 Å². The van der Waals surface area contributed by atoms with Gasteiger partial charge in [0.05, 0.1) is 17.3 Å². The van der Waals surface area contributed by atoms with Crippen molar-refractivity contribution < 1.29 is 17.6 Å². The summed E-state index contributed by atoms with van der Waals surface area (Å²) in [7, 11) is 0. The molecule has 7 heteroatoms. The highest BCUT2D eigenvalue weighted by Gasteiger charge is 2.31. The van der Waals surface area contributed by atoms with Gasteiger partial charge in [-0.1, -0.05) is 11.6 Å². The molecule has 0 aliphatic heterocycles. The van der Waals surface area contributed by atoms with E-state index < -0.39 is 23.6 Å². The molecule has 1 aromatic heterocycles. The van der Waals surface area contributed by atoms with Gasteiger partial charge >= 0.3 is 6.18 Å². The van der Waals surface area contributed by atoms with Crippen LogP contribution in [-0.4, -0.2) is 4.98 Å². The van der Waals surface area contributed by atoms with Crippen molar-refractivity contribution in [1.82, 2.24) is 4.98 Å². The van der Waals surface area contributed by atoms with Crippen molar-refractivity contribution in [3.8, 4) is 0 Å². The standard InChI is InChI=1S/C13H9ClF4N2/c14-10-3-2-8(15)5-9(10)12(19)11-4-1-7(6-20-11)13(16,17)18/h1-6,12H,19H2. The van der Waals surface area contributed by atoms with Gasteiger partial charge in [0.1, 0.15) is 5.82 Å². The molecule has 20 heavy (non-hydrogen) atoms. The first-order valence-corrected chi connectivity index (χ1v) is 5.90. The summed E-state index contributed by atoms with van der Waals surface area (Å²) in [5.74, 6) is -0.535. The fourth-order valence-electron chi connectivity index (χ4n) is 1.67. The van der Waals surface area contributed by atoms with E-state index in [1.165, 1.54) is 12.1 Å². The second-order valence-corrected chi connectivity index (χ2v) is 4.52. The van der Waals surface area contributed by atoms with Gasteiger partial charge in [0, 0.05) is 11.2 Å². The Morgan fingerprint density at radius 3 is 2.40 bits per heavy atom. The summed E-state index contributed by atoms with van der Waals surface area (Å²) in [5.41, 5.74) is 5.41. The Morgan fingerprint density at radius 1 is 1.15 bits per heavy atom. The Hall–Kier alpha value is -1.66. The van der Waals surface area contributed by atoms with Crippen molar-refractivity contribution in [1.29, 1.82) is 0 Å². The molecule has 2 rings (SSSR count). The van der Waals surface area contributed by atoms with Crippen molar-refractivity contribution >= 4 is 11.6 Å². The third kappa shape index (κ3) is 3.08. The summed E-state index contributed by atoms with van der Waals surface area (Å²) in [6, 6.07) is 4.74. The van der Waals surface area contributed by atoms with Gasteiger partial charge in [-0.25, -0.2) is 4.39 Å². The predicted molar refractivity (Wildman–Crippen MR) is 66.7 cm³/mol. The third-order valence-corrected chi connectivity index (χ3v) is 3.07. The van der Waals surface area contributed by atoms with E-state index >= 15 is 0 Å². The molecule has 1 heterocycles. The average Bonchev–Trinajstić information content (AvgIpc) is 2.40. The Morgan fingerprint density at radius 2 is 1.85 bits per heavy atom. The van der Waals surface area contributed by atoms with Crippen LogP contribution in [0.25, 0.3) is 0 Å². The zero-order chi connectivity index (χ0) is 14.9. The maximum atomic E-state index is 13.2. The molecule has 0 bridgehead atoms. The number of hydrogen-bond donors (Lipinski definition) is 1. The number of rotatable bonds is 2. The molecule has 0 fully saturated rings. The smallest absolute Gasteiger partial charge is 0.319 e. The van der Waals surface area contributed by atoms with Gasteiger partial charge in [-0.15, -0.1) is 0 Å². The van der Waals surface area contributed by atoms with E-state index in [4.69, 9.17) is 17.3 Å². The molecule has 0 aliphatic rings. The number of nitrogens with zero attached hydrogens (tertiary/aromatic N) is 1. The highest BCUT2D eigenvalue weighted by molar-refractivity contribution is 6.31. The first-order valence-electron chi connectivity index (χ1n) is 5.52. The Bertz CT molecular complexity index is 611. The first-order chi connectivity index (χ1) is 9.29. The highest BCUT2D eigenvalue weighted by Crippen LogP contribution is 2.30. The summed E-state index contributed by atoms with van der Waals surface area (Å²) in [4.78, 5) is 3.67. The number of halogens is 5. The number of hydrogen-bond acceptors (Lipinski definition) is 2. The molecule has 1 unspecified atom stereocenters. The normalized spacial score (nSPS) is 13.3. The number of benzene rings is 1. The van der Waals surface area contributed by atoms with Gasteiger partial charge < -0.3 is 5.73 Å². The van der Waals surface area contributed by atoms with Crippen LogP contribution in [-0.2, 0) is 6.18 Å². The minimum Gasteiger partial charge on any atom is -0.319 e.